The van der Waals surface area contributed by atoms with Gasteiger partial charge in [0.05, 0.1) is 13.2 Å². The van der Waals surface area contributed by atoms with Gasteiger partial charge < -0.3 is 14.4 Å². The standard InChI is InChI=1S/C11H14N2O2/c14-6-2-10-1-3-12-11(9-10)13-4-7-15-8-5-13/h1,3,6,9H,2,4-5,7-8H2. The number of aldehydes is 1. The van der Waals surface area contributed by atoms with Gasteiger partial charge in [0, 0.05) is 25.7 Å². The number of rotatable bonds is 3. The Hall–Kier alpha value is -1.42. The number of anilines is 1. The SMILES string of the molecule is O=CCc1ccnc(N2CCOCC2)c1. The second kappa shape index (κ2) is 4.89. The van der Waals surface area contributed by atoms with E-state index >= 15 is 0 Å². The summed E-state index contributed by atoms with van der Waals surface area (Å²) in [5, 5.41) is 0. The molecule has 1 aromatic rings. The number of carbonyl (C=O) groups is 1. The molecular formula is C11H14N2O2. The van der Waals surface area contributed by atoms with E-state index in [0.29, 0.717) is 6.42 Å². The zero-order chi connectivity index (χ0) is 10.5. The molecular weight excluding hydrogens is 192 g/mol. The molecule has 0 amide bonds. The molecule has 1 aliphatic heterocycles. The van der Waals surface area contributed by atoms with Gasteiger partial charge in [-0.2, -0.15) is 0 Å². The average molecular weight is 206 g/mol. The molecule has 0 N–H and O–H groups in total. The highest BCUT2D eigenvalue weighted by atomic mass is 16.5. The highest BCUT2D eigenvalue weighted by Crippen LogP contribution is 2.14. The summed E-state index contributed by atoms with van der Waals surface area (Å²) < 4.78 is 5.27. The number of pyridine rings is 1. The van der Waals surface area contributed by atoms with Gasteiger partial charge in [0.1, 0.15) is 12.1 Å². The van der Waals surface area contributed by atoms with Crippen LogP contribution in [0.15, 0.2) is 18.3 Å². The van der Waals surface area contributed by atoms with Crippen LogP contribution >= 0.6 is 0 Å². The van der Waals surface area contributed by atoms with E-state index in [-0.39, 0.29) is 0 Å². The lowest BCUT2D eigenvalue weighted by molar-refractivity contribution is -0.107. The Morgan fingerprint density at radius 3 is 3.00 bits per heavy atom. The van der Waals surface area contributed by atoms with E-state index in [4.69, 9.17) is 4.74 Å². The molecule has 80 valence electrons. The van der Waals surface area contributed by atoms with E-state index in [9.17, 15) is 4.79 Å². The van der Waals surface area contributed by atoms with Crippen molar-refractivity contribution in [3.05, 3.63) is 23.9 Å². The predicted molar refractivity (Wildman–Crippen MR) is 57.0 cm³/mol. The van der Waals surface area contributed by atoms with Crippen molar-refractivity contribution in [3.63, 3.8) is 0 Å². The smallest absolute Gasteiger partial charge is 0.128 e. The number of hydrogen-bond acceptors (Lipinski definition) is 4. The molecule has 15 heavy (non-hydrogen) atoms. The van der Waals surface area contributed by atoms with E-state index in [1.54, 1.807) is 6.20 Å². The number of aromatic nitrogens is 1. The summed E-state index contributed by atoms with van der Waals surface area (Å²) >= 11 is 0. The van der Waals surface area contributed by atoms with E-state index in [1.807, 2.05) is 12.1 Å². The van der Waals surface area contributed by atoms with Crippen molar-refractivity contribution in [2.75, 3.05) is 31.2 Å². The van der Waals surface area contributed by atoms with Gasteiger partial charge in [0.25, 0.3) is 0 Å². The predicted octanol–water partition coefficient (Wildman–Crippen LogP) is 0.660. The average Bonchev–Trinajstić information content (AvgIpc) is 2.31. The number of nitrogens with zero attached hydrogens (tertiary/aromatic N) is 2. The van der Waals surface area contributed by atoms with E-state index in [1.165, 1.54) is 0 Å². The van der Waals surface area contributed by atoms with Crippen LogP contribution in [0, 0.1) is 0 Å². The van der Waals surface area contributed by atoms with Gasteiger partial charge in [-0.25, -0.2) is 4.98 Å². The summed E-state index contributed by atoms with van der Waals surface area (Å²) in [6, 6.07) is 3.85. The number of carbonyl (C=O) groups excluding carboxylic acids is 1. The van der Waals surface area contributed by atoms with Crippen LogP contribution in [0.5, 0.6) is 0 Å². The van der Waals surface area contributed by atoms with Gasteiger partial charge >= 0.3 is 0 Å². The Bertz CT molecular complexity index is 335. The minimum atomic E-state index is 0.458. The van der Waals surface area contributed by atoms with Crippen molar-refractivity contribution < 1.29 is 9.53 Å². The monoisotopic (exact) mass is 206 g/mol. The lowest BCUT2D eigenvalue weighted by Crippen LogP contribution is -2.36. The summed E-state index contributed by atoms with van der Waals surface area (Å²) in [5.41, 5.74) is 1.02. The van der Waals surface area contributed by atoms with Crippen LogP contribution in [-0.4, -0.2) is 37.6 Å². The zero-order valence-corrected chi connectivity index (χ0v) is 8.56. The minimum Gasteiger partial charge on any atom is -0.378 e. The number of morpholine rings is 1. The van der Waals surface area contributed by atoms with Gasteiger partial charge in [0.15, 0.2) is 0 Å². The second-order valence-electron chi connectivity index (χ2n) is 3.49. The van der Waals surface area contributed by atoms with E-state index in [0.717, 1.165) is 44.0 Å². The normalized spacial score (nSPS) is 16.4. The van der Waals surface area contributed by atoms with E-state index < -0.39 is 0 Å². The van der Waals surface area contributed by atoms with Crippen molar-refractivity contribution >= 4 is 12.1 Å². The summed E-state index contributed by atoms with van der Waals surface area (Å²) in [6.45, 7) is 3.24. The van der Waals surface area contributed by atoms with Crippen molar-refractivity contribution in [2.45, 2.75) is 6.42 Å². The number of ether oxygens (including phenoxy) is 1. The van der Waals surface area contributed by atoms with Gasteiger partial charge in [0.2, 0.25) is 0 Å². The molecule has 4 heteroatoms. The molecule has 0 spiro atoms. The molecule has 0 unspecified atom stereocenters. The largest absolute Gasteiger partial charge is 0.378 e. The molecule has 1 aliphatic rings. The third kappa shape index (κ3) is 2.53. The van der Waals surface area contributed by atoms with Crippen LogP contribution in [-0.2, 0) is 16.0 Å². The molecule has 1 fully saturated rings. The molecule has 0 bridgehead atoms. The fourth-order valence-electron chi connectivity index (χ4n) is 1.65. The van der Waals surface area contributed by atoms with Crippen LogP contribution in [0.2, 0.25) is 0 Å². The minimum absolute atomic E-state index is 0.458. The van der Waals surface area contributed by atoms with Crippen LogP contribution in [0.25, 0.3) is 0 Å². The van der Waals surface area contributed by atoms with E-state index in [2.05, 4.69) is 9.88 Å². The van der Waals surface area contributed by atoms with Gasteiger partial charge in [-0.1, -0.05) is 0 Å². The highest BCUT2D eigenvalue weighted by Gasteiger charge is 2.12. The highest BCUT2D eigenvalue weighted by molar-refractivity contribution is 5.56. The fraction of sp³-hybridized carbons (Fsp3) is 0.455. The van der Waals surface area contributed by atoms with Gasteiger partial charge in [-0.05, 0) is 17.7 Å². The Balaban J connectivity index is 2.12. The molecule has 0 aromatic carbocycles. The Labute approximate surface area is 88.9 Å². The van der Waals surface area contributed by atoms with Crippen LogP contribution < -0.4 is 4.90 Å². The molecule has 1 saturated heterocycles. The molecule has 0 atom stereocenters. The lowest BCUT2D eigenvalue weighted by atomic mass is 10.2. The summed E-state index contributed by atoms with van der Waals surface area (Å²) in [5.74, 6) is 0.942. The third-order valence-electron chi connectivity index (χ3n) is 2.46. The second-order valence-corrected chi connectivity index (χ2v) is 3.49. The Morgan fingerprint density at radius 1 is 1.47 bits per heavy atom. The molecule has 1 aromatic heterocycles. The molecule has 0 aliphatic carbocycles. The quantitative estimate of drug-likeness (QED) is 0.681. The number of hydrogen-bond donors (Lipinski definition) is 0. The van der Waals surface area contributed by atoms with Crippen LogP contribution in [0.1, 0.15) is 5.56 Å². The van der Waals surface area contributed by atoms with Gasteiger partial charge in [-0.15, -0.1) is 0 Å². The molecule has 2 rings (SSSR count). The van der Waals surface area contributed by atoms with Crippen molar-refractivity contribution in [1.82, 2.24) is 4.98 Å². The maximum Gasteiger partial charge on any atom is 0.128 e. The zero-order valence-electron chi connectivity index (χ0n) is 8.56. The van der Waals surface area contributed by atoms with Gasteiger partial charge in [-0.3, -0.25) is 0 Å². The molecule has 4 nitrogen and oxygen atoms in total. The summed E-state index contributed by atoms with van der Waals surface area (Å²) in [7, 11) is 0. The fourth-order valence-corrected chi connectivity index (χ4v) is 1.65. The Kier molecular flexibility index (Phi) is 3.29. The first-order valence-corrected chi connectivity index (χ1v) is 5.11. The first kappa shape index (κ1) is 10.1. The summed E-state index contributed by atoms with van der Waals surface area (Å²) in [4.78, 5) is 16.9. The van der Waals surface area contributed by atoms with Crippen molar-refractivity contribution in [3.8, 4) is 0 Å². The van der Waals surface area contributed by atoms with Crippen LogP contribution in [0.4, 0.5) is 5.82 Å². The van der Waals surface area contributed by atoms with Crippen LogP contribution in [0.3, 0.4) is 0 Å². The maximum atomic E-state index is 10.4. The van der Waals surface area contributed by atoms with Crippen molar-refractivity contribution in [1.29, 1.82) is 0 Å². The molecule has 0 radical (unpaired) electrons. The summed E-state index contributed by atoms with van der Waals surface area (Å²) in [6.07, 6.45) is 3.13. The first-order chi connectivity index (χ1) is 7.40. The maximum absolute atomic E-state index is 10.4. The molecule has 2 heterocycles. The topological polar surface area (TPSA) is 42.4 Å². The third-order valence-corrected chi connectivity index (χ3v) is 2.46. The molecule has 0 saturated carbocycles. The lowest BCUT2D eigenvalue weighted by Gasteiger charge is -2.27. The van der Waals surface area contributed by atoms with Crippen molar-refractivity contribution in [2.24, 2.45) is 0 Å². The Morgan fingerprint density at radius 2 is 2.27 bits per heavy atom. The first-order valence-electron chi connectivity index (χ1n) is 5.11.